The second-order valence-electron chi connectivity index (χ2n) is 3.60. The molecule has 0 bridgehead atoms. The minimum atomic E-state index is -0.0778. The van der Waals surface area contributed by atoms with Crippen molar-refractivity contribution in [2.75, 3.05) is 0 Å². The van der Waals surface area contributed by atoms with E-state index in [0.29, 0.717) is 6.42 Å². The first-order valence-corrected chi connectivity index (χ1v) is 5.88. The second-order valence-corrected chi connectivity index (χ2v) is 4.05. The summed E-state index contributed by atoms with van der Waals surface area (Å²) >= 11 is 4.48. The van der Waals surface area contributed by atoms with E-state index in [9.17, 15) is 4.79 Å². The topological polar surface area (TPSA) is 17.1 Å². The lowest BCUT2D eigenvalue weighted by Crippen LogP contribution is -1.86. The van der Waals surface area contributed by atoms with Crippen molar-refractivity contribution in [2.45, 2.75) is 64.7 Å². The Balaban J connectivity index is 2.87. The Labute approximate surface area is 87.7 Å². The van der Waals surface area contributed by atoms with Gasteiger partial charge in [0.05, 0.1) is 0 Å². The Morgan fingerprint density at radius 1 is 0.923 bits per heavy atom. The summed E-state index contributed by atoms with van der Waals surface area (Å²) in [5.74, 6) is 0. The largest absolute Gasteiger partial charge is 0.282 e. The van der Waals surface area contributed by atoms with Crippen molar-refractivity contribution in [1.29, 1.82) is 0 Å². The summed E-state index contributed by atoms with van der Waals surface area (Å²) in [4.78, 5) is 10.4. The first-order valence-electron chi connectivity index (χ1n) is 5.47. The molecule has 0 saturated carbocycles. The molecule has 0 aromatic rings. The Kier molecular flexibility index (Phi) is 9.89. The van der Waals surface area contributed by atoms with E-state index >= 15 is 0 Å². The molecule has 0 saturated heterocycles. The summed E-state index contributed by atoms with van der Waals surface area (Å²) in [5, 5.41) is -0.0778. The average Bonchev–Trinajstić information content (AvgIpc) is 2.09. The SMILES string of the molecule is CCCCCCCCCCC(=O)[S]. The predicted molar refractivity (Wildman–Crippen MR) is 59.8 cm³/mol. The molecular weight excluding hydrogens is 180 g/mol. The van der Waals surface area contributed by atoms with Crippen LogP contribution in [0.2, 0.25) is 0 Å². The molecule has 0 aromatic carbocycles. The molecule has 0 amide bonds. The standard InChI is InChI=1S/C11H21OS/c1-2-3-4-5-6-7-8-9-10-11(12)13/h2-10H2,1H3. The summed E-state index contributed by atoms with van der Waals surface area (Å²) in [5.41, 5.74) is 0. The van der Waals surface area contributed by atoms with Gasteiger partial charge < -0.3 is 0 Å². The van der Waals surface area contributed by atoms with Gasteiger partial charge >= 0.3 is 0 Å². The lowest BCUT2D eigenvalue weighted by Gasteiger charge is -1.99. The predicted octanol–water partition coefficient (Wildman–Crippen LogP) is 4.24. The quantitative estimate of drug-likeness (QED) is 0.510. The molecule has 0 aliphatic heterocycles. The minimum absolute atomic E-state index is 0.0778. The third-order valence-corrected chi connectivity index (χ3v) is 2.44. The van der Waals surface area contributed by atoms with Crippen LogP contribution >= 0.6 is 12.6 Å². The van der Waals surface area contributed by atoms with E-state index in [1.807, 2.05) is 0 Å². The van der Waals surface area contributed by atoms with Gasteiger partial charge in [0.2, 0.25) is 5.12 Å². The summed E-state index contributed by atoms with van der Waals surface area (Å²) in [6.45, 7) is 2.23. The van der Waals surface area contributed by atoms with Crippen LogP contribution in [0.5, 0.6) is 0 Å². The fourth-order valence-corrected chi connectivity index (χ4v) is 1.55. The van der Waals surface area contributed by atoms with E-state index in [-0.39, 0.29) is 5.12 Å². The van der Waals surface area contributed by atoms with E-state index in [1.165, 1.54) is 44.9 Å². The maximum Gasteiger partial charge on any atom is 0.218 e. The van der Waals surface area contributed by atoms with Gasteiger partial charge in [-0.2, -0.15) is 0 Å². The van der Waals surface area contributed by atoms with Crippen LogP contribution in [0.25, 0.3) is 0 Å². The maximum absolute atomic E-state index is 10.4. The summed E-state index contributed by atoms with van der Waals surface area (Å²) in [6.07, 6.45) is 10.8. The van der Waals surface area contributed by atoms with Gasteiger partial charge in [-0.15, -0.1) is 0 Å². The zero-order valence-corrected chi connectivity index (χ0v) is 9.50. The number of carbonyl (C=O) groups is 1. The normalized spacial score (nSPS) is 10.2. The molecular formula is C11H21OS. The van der Waals surface area contributed by atoms with E-state index in [2.05, 4.69) is 19.6 Å². The summed E-state index contributed by atoms with van der Waals surface area (Å²) in [7, 11) is 0. The lowest BCUT2D eigenvalue weighted by atomic mass is 10.1. The highest BCUT2D eigenvalue weighted by Crippen LogP contribution is 2.09. The molecule has 1 nitrogen and oxygen atoms in total. The molecule has 0 fully saturated rings. The Hall–Kier alpha value is -0.110. The summed E-state index contributed by atoms with van der Waals surface area (Å²) < 4.78 is 0. The number of hydrogen-bond donors (Lipinski definition) is 0. The Morgan fingerprint density at radius 2 is 1.38 bits per heavy atom. The van der Waals surface area contributed by atoms with Crippen LogP contribution in [0, 0.1) is 0 Å². The van der Waals surface area contributed by atoms with Crippen LogP contribution in [-0.2, 0) is 4.79 Å². The third kappa shape index (κ3) is 11.9. The molecule has 0 aliphatic rings. The first kappa shape index (κ1) is 12.9. The molecule has 0 unspecified atom stereocenters. The Morgan fingerprint density at radius 3 is 1.85 bits per heavy atom. The average molecular weight is 201 g/mol. The Bertz CT molecular complexity index is 123. The molecule has 2 heteroatoms. The summed E-state index contributed by atoms with van der Waals surface area (Å²) in [6, 6.07) is 0. The van der Waals surface area contributed by atoms with Gasteiger partial charge in [-0.3, -0.25) is 4.79 Å². The second kappa shape index (κ2) is 9.97. The van der Waals surface area contributed by atoms with Gasteiger partial charge in [-0.05, 0) is 19.0 Å². The van der Waals surface area contributed by atoms with Crippen molar-refractivity contribution in [3.8, 4) is 0 Å². The molecule has 13 heavy (non-hydrogen) atoms. The van der Waals surface area contributed by atoms with Crippen LogP contribution in [0.15, 0.2) is 0 Å². The van der Waals surface area contributed by atoms with Gasteiger partial charge in [0.25, 0.3) is 0 Å². The number of carbonyl (C=O) groups excluding carboxylic acids is 1. The third-order valence-electron chi connectivity index (χ3n) is 2.23. The molecule has 0 atom stereocenters. The van der Waals surface area contributed by atoms with Crippen molar-refractivity contribution in [3.05, 3.63) is 0 Å². The molecule has 0 rings (SSSR count). The van der Waals surface area contributed by atoms with Crippen LogP contribution < -0.4 is 0 Å². The zero-order chi connectivity index (χ0) is 9.94. The minimum Gasteiger partial charge on any atom is -0.282 e. The van der Waals surface area contributed by atoms with E-state index in [1.54, 1.807) is 0 Å². The monoisotopic (exact) mass is 201 g/mol. The smallest absolute Gasteiger partial charge is 0.218 e. The van der Waals surface area contributed by atoms with Crippen LogP contribution in [-0.4, -0.2) is 5.12 Å². The van der Waals surface area contributed by atoms with Crippen molar-refractivity contribution in [2.24, 2.45) is 0 Å². The van der Waals surface area contributed by atoms with E-state index < -0.39 is 0 Å². The van der Waals surface area contributed by atoms with Crippen molar-refractivity contribution >= 4 is 17.7 Å². The van der Waals surface area contributed by atoms with Gasteiger partial charge in [0.15, 0.2) is 0 Å². The van der Waals surface area contributed by atoms with Crippen LogP contribution in [0.1, 0.15) is 64.7 Å². The van der Waals surface area contributed by atoms with Crippen molar-refractivity contribution < 1.29 is 4.79 Å². The number of hydrogen-bond acceptors (Lipinski definition) is 1. The van der Waals surface area contributed by atoms with Crippen LogP contribution in [0.3, 0.4) is 0 Å². The molecule has 77 valence electrons. The van der Waals surface area contributed by atoms with E-state index in [0.717, 1.165) is 6.42 Å². The zero-order valence-electron chi connectivity index (χ0n) is 8.68. The highest BCUT2D eigenvalue weighted by Gasteiger charge is 1.95. The number of rotatable bonds is 9. The maximum atomic E-state index is 10.4. The van der Waals surface area contributed by atoms with Crippen LogP contribution in [0.4, 0.5) is 0 Å². The molecule has 0 heterocycles. The van der Waals surface area contributed by atoms with E-state index in [4.69, 9.17) is 0 Å². The fourth-order valence-electron chi connectivity index (χ4n) is 1.40. The molecule has 0 spiro atoms. The van der Waals surface area contributed by atoms with Gasteiger partial charge in [0.1, 0.15) is 0 Å². The molecule has 1 radical (unpaired) electrons. The van der Waals surface area contributed by atoms with Crippen molar-refractivity contribution in [1.82, 2.24) is 0 Å². The van der Waals surface area contributed by atoms with Gasteiger partial charge in [-0.25, -0.2) is 0 Å². The number of unbranched alkanes of at least 4 members (excludes halogenated alkanes) is 7. The van der Waals surface area contributed by atoms with Gasteiger partial charge in [0, 0.05) is 6.42 Å². The highest BCUT2D eigenvalue weighted by atomic mass is 32.1. The molecule has 0 N–H and O–H groups in total. The fraction of sp³-hybridized carbons (Fsp3) is 0.909. The molecule has 0 aromatic heterocycles. The van der Waals surface area contributed by atoms with Crippen molar-refractivity contribution in [3.63, 3.8) is 0 Å². The highest BCUT2D eigenvalue weighted by molar-refractivity contribution is 7.96. The molecule has 0 aliphatic carbocycles. The lowest BCUT2D eigenvalue weighted by molar-refractivity contribution is -0.110. The first-order chi connectivity index (χ1) is 6.27. The van der Waals surface area contributed by atoms with Gasteiger partial charge in [-0.1, -0.05) is 51.9 Å².